The minimum Gasteiger partial charge on any atom is -0.465 e. The molecule has 0 N–H and O–H groups in total. The Balaban J connectivity index is 4.30. The van der Waals surface area contributed by atoms with Gasteiger partial charge in [0.1, 0.15) is 0 Å². The van der Waals surface area contributed by atoms with E-state index < -0.39 is 0 Å². The van der Waals surface area contributed by atoms with Crippen LogP contribution in [-0.4, -0.2) is 49.7 Å². The van der Waals surface area contributed by atoms with E-state index in [1.165, 1.54) is 103 Å². The van der Waals surface area contributed by atoms with E-state index in [1.54, 1.807) is 0 Å². The Bertz CT molecular complexity index is 615. The van der Waals surface area contributed by atoms with Crippen LogP contribution in [0.5, 0.6) is 0 Å². The van der Waals surface area contributed by atoms with E-state index in [0.717, 1.165) is 96.7 Å². The minimum absolute atomic E-state index is 0.0483. The second kappa shape index (κ2) is 36.2. The predicted molar refractivity (Wildman–Crippen MR) is 203 cm³/mol. The zero-order chi connectivity index (χ0) is 34.6. The number of hydrogen-bond donors (Lipinski definition) is 0. The Morgan fingerprint density at radius 3 is 1.02 bits per heavy atom. The summed E-state index contributed by atoms with van der Waals surface area (Å²) in [4.78, 5) is 28.3. The van der Waals surface area contributed by atoms with Crippen molar-refractivity contribution in [3.8, 4) is 0 Å². The van der Waals surface area contributed by atoms with Gasteiger partial charge in [0.2, 0.25) is 0 Å². The first kappa shape index (κ1) is 45.9. The highest BCUT2D eigenvalue weighted by molar-refractivity contribution is 5.72. The highest BCUT2D eigenvalue weighted by Crippen LogP contribution is 2.22. The smallest absolute Gasteiger partial charge is 0.308 e. The first-order chi connectivity index (χ1) is 23.0. The SMILES string of the molecule is CCCCCCCCC(CCCCCC)C(=O)OCCCCN(CC)CCCCOC(=O)C(CCCCCC)CCCCCCCC. The first-order valence-electron chi connectivity index (χ1n) is 21.1. The van der Waals surface area contributed by atoms with Crippen LogP contribution in [0.4, 0.5) is 0 Å². The molecule has 2 unspecified atom stereocenters. The highest BCUT2D eigenvalue weighted by Gasteiger charge is 2.20. The van der Waals surface area contributed by atoms with Crippen LogP contribution in [0, 0.1) is 11.8 Å². The third kappa shape index (κ3) is 29.5. The molecule has 0 aromatic heterocycles. The fourth-order valence-electron chi connectivity index (χ4n) is 6.62. The summed E-state index contributed by atoms with van der Waals surface area (Å²) < 4.78 is 11.6. The van der Waals surface area contributed by atoms with E-state index in [4.69, 9.17) is 9.47 Å². The van der Waals surface area contributed by atoms with Gasteiger partial charge in [0.25, 0.3) is 0 Å². The molecule has 0 aromatic rings. The Morgan fingerprint density at radius 2 is 0.702 bits per heavy atom. The number of esters is 2. The van der Waals surface area contributed by atoms with Crippen LogP contribution in [0.3, 0.4) is 0 Å². The van der Waals surface area contributed by atoms with E-state index in [9.17, 15) is 9.59 Å². The highest BCUT2D eigenvalue weighted by atomic mass is 16.5. The number of unbranched alkanes of at least 4 members (excludes halogenated alkanes) is 18. The molecule has 2 atom stereocenters. The second-order valence-corrected chi connectivity index (χ2v) is 14.4. The van der Waals surface area contributed by atoms with Gasteiger partial charge in [-0.2, -0.15) is 0 Å². The molecule has 0 saturated carbocycles. The summed E-state index contributed by atoms with van der Waals surface area (Å²) in [6.07, 6.45) is 32.9. The molecule has 0 aliphatic carbocycles. The van der Waals surface area contributed by atoms with Gasteiger partial charge >= 0.3 is 11.9 Å². The number of hydrogen-bond acceptors (Lipinski definition) is 5. The molecule has 0 bridgehead atoms. The fraction of sp³-hybridized carbons (Fsp3) is 0.952. The Morgan fingerprint density at radius 1 is 0.404 bits per heavy atom. The molecule has 0 heterocycles. The largest absolute Gasteiger partial charge is 0.465 e. The van der Waals surface area contributed by atoms with Crippen molar-refractivity contribution in [2.75, 3.05) is 32.8 Å². The van der Waals surface area contributed by atoms with Crippen molar-refractivity contribution in [3.63, 3.8) is 0 Å². The summed E-state index contributed by atoms with van der Waals surface area (Å²) in [6.45, 7) is 15.4. The molecule has 0 radical (unpaired) electrons. The number of nitrogens with zero attached hydrogens (tertiary/aromatic N) is 1. The molecule has 0 fully saturated rings. The standard InChI is InChI=1S/C42H83NO4/c1-6-11-15-19-21-25-33-39(31-23-17-13-8-3)41(44)46-37-29-27-35-43(10-5)36-28-30-38-47-42(45)40(32-24-18-14-9-4)34-26-22-20-16-12-7-2/h39-40H,6-38H2,1-5H3. The summed E-state index contributed by atoms with van der Waals surface area (Å²) in [5.41, 5.74) is 0. The van der Waals surface area contributed by atoms with Gasteiger partial charge in [-0.3, -0.25) is 9.59 Å². The van der Waals surface area contributed by atoms with Crippen molar-refractivity contribution in [2.45, 2.75) is 214 Å². The van der Waals surface area contributed by atoms with Gasteiger partial charge in [0.05, 0.1) is 25.0 Å². The second-order valence-electron chi connectivity index (χ2n) is 14.4. The van der Waals surface area contributed by atoms with E-state index in [0.29, 0.717) is 13.2 Å². The summed E-state index contributed by atoms with van der Waals surface area (Å²) in [5.74, 6) is 0.275. The lowest BCUT2D eigenvalue weighted by atomic mass is 9.94. The third-order valence-electron chi connectivity index (χ3n) is 9.96. The van der Waals surface area contributed by atoms with Crippen molar-refractivity contribution in [3.05, 3.63) is 0 Å². The molecule has 5 heteroatoms. The Hall–Kier alpha value is -1.10. The summed E-state index contributed by atoms with van der Waals surface area (Å²) in [6, 6.07) is 0. The first-order valence-corrected chi connectivity index (χ1v) is 21.1. The fourth-order valence-corrected chi connectivity index (χ4v) is 6.62. The molecule has 0 aliphatic heterocycles. The van der Waals surface area contributed by atoms with Crippen molar-refractivity contribution in [1.82, 2.24) is 4.90 Å². The molecule has 0 amide bonds. The summed E-state index contributed by atoms with van der Waals surface area (Å²) in [7, 11) is 0. The minimum atomic E-state index is 0.0483. The number of carbonyl (C=O) groups is 2. The van der Waals surface area contributed by atoms with Gasteiger partial charge in [0.15, 0.2) is 0 Å². The van der Waals surface area contributed by atoms with Gasteiger partial charge in [-0.25, -0.2) is 0 Å². The van der Waals surface area contributed by atoms with E-state index in [1.807, 2.05) is 0 Å². The van der Waals surface area contributed by atoms with Gasteiger partial charge in [-0.15, -0.1) is 0 Å². The number of rotatable bonds is 37. The Labute approximate surface area is 294 Å². The molecule has 0 saturated heterocycles. The van der Waals surface area contributed by atoms with Crippen LogP contribution < -0.4 is 0 Å². The zero-order valence-electron chi connectivity index (χ0n) is 32.6. The van der Waals surface area contributed by atoms with Crippen molar-refractivity contribution in [2.24, 2.45) is 11.8 Å². The van der Waals surface area contributed by atoms with Gasteiger partial charge < -0.3 is 14.4 Å². The molecular weight excluding hydrogens is 582 g/mol. The zero-order valence-corrected chi connectivity index (χ0v) is 32.6. The van der Waals surface area contributed by atoms with Gasteiger partial charge in [0, 0.05) is 0 Å². The van der Waals surface area contributed by atoms with E-state index in [-0.39, 0.29) is 23.8 Å². The average molecular weight is 666 g/mol. The van der Waals surface area contributed by atoms with Crippen LogP contribution in [0.15, 0.2) is 0 Å². The number of ether oxygens (including phenoxy) is 2. The van der Waals surface area contributed by atoms with Crippen LogP contribution in [0.1, 0.15) is 214 Å². The third-order valence-corrected chi connectivity index (χ3v) is 9.96. The molecule has 0 aliphatic rings. The molecule has 0 spiro atoms. The number of carbonyl (C=O) groups excluding carboxylic acids is 2. The van der Waals surface area contributed by atoms with Crippen LogP contribution in [0.2, 0.25) is 0 Å². The molecule has 0 aromatic carbocycles. The lowest BCUT2D eigenvalue weighted by Crippen LogP contribution is -2.26. The quantitative estimate of drug-likeness (QED) is 0.0488. The monoisotopic (exact) mass is 666 g/mol. The predicted octanol–water partition coefficient (Wildman–Crippen LogP) is 12.6. The molecule has 280 valence electrons. The lowest BCUT2D eigenvalue weighted by Gasteiger charge is -2.21. The van der Waals surface area contributed by atoms with Crippen molar-refractivity contribution >= 4 is 11.9 Å². The van der Waals surface area contributed by atoms with Crippen LogP contribution in [-0.2, 0) is 19.1 Å². The molecule has 0 rings (SSSR count). The average Bonchev–Trinajstić information content (AvgIpc) is 3.08. The van der Waals surface area contributed by atoms with E-state index in [2.05, 4.69) is 39.5 Å². The topological polar surface area (TPSA) is 55.8 Å². The van der Waals surface area contributed by atoms with Crippen LogP contribution in [0.25, 0.3) is 0 Å². The normalized spacial score (nSPS) is 12.8. The summed E-state index contributed by atoms with van der Waals surface area (Å²) in [5, 5.41) is 0. The maximum Gasteiger partial charge on any atom is 0.308 e. The van der Waals surface area contributed by atoms with E-state index >= 15 is 0 Å². The van der Waals surface area contributed by atoms with Crippen molar-refractivity contribution in [1.29, 1.82) is 0 Å². The van der Waals surface area contributed by atoms with Gasteiger partial charge in [-0.1, -0.05) is 163 Å². The van der Waals surface area contributed by atoms with Crippen LogP contribution >= 0.6 is 0 Å². The van der Waals surface area contributed by atoms with Crippen molar-refractivity contribution < 1.29 is 19.1 Å². The maximum atomic E-state index is 12.9. The summed E-state index contributed by atoms with van der Waals surface area (Å²) >= 11 is 0. The molecular formula is C42H83NO4. The van der Waals surface area contributed by atoms with Gasteiger partial charge in [-0.05, 0) is 71.0 Å². The lowest BCUT2D eigenvalue weighted by molar-refractivity contribution is -0.150. The maximum absolute atomic E-state index is 12.9. The molecule has 47 heavy (non-hydrogen) atoms. The Kier molecular flexibility index (Phi) is 35.3. The molecule has 5 nitrogen and oxygen atoms in total.